The molecule has 0 aromatic heterocycles. The van der Waals surface area contributed by atoms with Crippen LogP contribution in [0, 0.1) is 0 Å². The first-order valence-electron chi connectivity index (χ1n) is 6.47. The molecule has 0 amide bonds. The van der Waals surface area contributed by atoms with E-state index in [1.165, 1.54) is 37.1 Å². The van der Waals surface area contributed by atoms with Crippen LogP contribution in [0.15, 0.2) is 18.2 Å². The Morgan fingerprint density at radius 3 is 2.67 bits per heavy atom. The molecule has 2 rings (SSSR count). The maximum Gasteiger partial charge on any atom is 0.123 e. The summed E-state index contributed by atoms with van der Waals surface area (Å²) in [6.07, 6.45) is 2.63. The van der Waals surface area contributed by atoms with Gasteiger partial charge in [0.2, 0.25) is 0 Å². The van der Waals surface area contributed by atoms with Crippen molar-refractivity contribution in [1.29, 1.82) is 0 Å². The summed E-state index contributed by atoms with van der Waals surface area (Å²) in [6, 6.07) is 6.31. The van der Waals surface area contributed by atoms with Gasteiger partial charge in [-0.05, 0) is 43.6 Å². The summed E-state index contributed by atoms with van der Waals surface area (Å²) in [5, 5.41) is 0. The average molecular weight is 250 g/mol. The number of methoxy groups -OCH3 is 1. The maximum absolute atomic E-state index is 5.44. The van der Waals surface area contributed by atoms with Crippen LogP contribution in [-0.2, 0) is 17.9 Å². The fourth-order valence-corrected chi connectivity index (χ4v) is 2.40. The molecule has 0 unspecified atom stereocenters. The van der Waals surface area contributed by atoms with Crippen LogP contribution in [0.4, 0.5) is 0 Å². The summed E-state index contributed by atoms with van der Waals surface area (Å²) < 4.78 is 5.44. The van der Waals surface area contributed by atoms with Gasteiger partial charge in [0.05, 0.1) is 14.2 Å². The maximum atomic E-state index is 5.44. The van der Waals surface area contributed by atoms with E-state index in [4.69, 9.17) is 9.57 Å². The SMILES string of the molecule is CONCc1ccc(OC)c(CN2CCCC2)c1. The van der Waals surface area contributed by atoms with Gasteiger partial charge in [-0.2, -0.15) is 5.48 Å². The van der Waals surface area contributed by atoms with Gasteiger partial charge >= 0.3 is 0 Å². The van der Waals surface area contributed by atoms with Crippen molar-refractivity contribution < 1.29 is 9.57 Å². The zero-order valence-corrected chi connectivity index (χ0v) is 11.2. The van der Waals surface area contributed by atoms with Crippen LogP contribution in [0.2, 0.25) is 0 Å². The third-order valence-corrected chi connectivity index (χ3v) is 3.36. The van der Waals surface area contributed by atoms with Crippen molar-refractivity contribution in [2.45, 2.75) is 25.9 Å². The normalized spacial score (nSPS) is 16.1. The Hall–Kier alpha value is -1.10. The molecule has 1 heterocycles. The molecule has 1 aliphatic rings. The standard InChI is InChI=1S/C14H22N2O2/c1-17-14-6-5-12(10-15-18-2)9-13(14)11-16-7-3-4-8-16/h5-6,9,15H,3-4,7-8,10-11H2,1-2H3. The van der Waals surface area contributed by atoms with Gasteiger partial charge in [0.1, 0.15) is 5.75 Å². The minimum absolute atomic E-state index is 0.716. The van der Waals surface area contributed by atoms with E-state index in [1.54, 1.807) is 14.2 Å². The van der Waals surface area contributed by atoms with Crippen LogP contribution in [0.3, 0.4) is 0 Å². The lowest BCUT2D eigenvalue weighted by Crippen LogP contribution is -2.19. The van der Waals surface area contributed by atoms with Gasteiger partial charge in [-0.3, -0.25) is 4.90 Å². The Morgan fingerprint density at radius 1 is 1.22 bits per heavy atom. The van der Waals surface area contributed by atoms with Crippen molar-refractivity contribution >= 4 is 0 Å². The van der Waals surface area contributed by atoms with Crippen LogP contribution in [0.5, 0.6) is 5.75 Å². The first-order chi connectivity index (χ1) is 8.83. The van der Waals surface area contributed by atoms with Gasteiger partial charge in [0.25, 0.3) is 0 Å². The van der Waals surface area contributed by atoms with Crippen molar-refractivity contribution in [3.63, 3.8) is 0 Å². The van der Waals surface area contributed by atoms with E-state index in [9.17, 15) is 0 Å². The van der Waals surface area contributed by atoms with E-state index >= 15 is 0 Å². The minimum Gasteiger partial charge on any atom is -0.496 e. The monoisotopic (exact) mass is 250 g/mol. The number of nitrogens with zero attached hydrogens (tertiary/aromatic N) is 1. The van der Waals surface area contributed by atoms with Crippen molar-refractivity contribution in [3.8, 4) is 5.75 Å². The zero-order chi connectivity index (χ0) is 12.8. The highest BCUT2D eigenvalue weighted by atomic mass is 16.6. The van der Waals surface area contributed by atoms with Crippen molar-refractivity contribution in [3.05, 3.63) is 29.3 Å². The van der Waals surface area contributed by atoms with Gasteiger partial charge in [-0.15, -0.1) is 0 Å². The molecule has 1 aromatic carbocycles. The molecular formula is C14H22N2O2. The van der Waals surface area contributed by atoms with Crippen molar-refractivity contribution in [2.75, 3.05) is 27.3 Å². The van der Waals surface area contributed by atoms with Gasteiger partial charge in [0, 0.05) is 18.7 Å². The number of ether oxygens (including phenoxy) is 1. The molecule has 0 bridgehead atoms. The van der Waals surface area contributed by atoms with E-state index in [2.05, 4.69) is 22.5 Å². The molecule has 100 valence electrons. The molecule has 0 spiro atoms. The first-order valence-corrected chi connectivity index (χ1v) is 6.47. The highest BCUT2D eigenvalue weighted by Crippen LogP contribution is 2.23. The minimum atomic E-state index is 0.716. The zero-order valence-electron chi connectivity index (χ0n) is 11.2. The number of hydroxylamine groups is 1. The lowest BCUT2D eigenvalue weighted by Gasteiger charge is -2.17. The summed E-state index contributed by atoms with van der Waals surface area (Å²) in [6.45, 7) is 4.09. The number of rotatable bonds is 6. The molecule has 0 radical (unpaired) electrons. The number of likely N-dealkylation sites (tertiary alicyclic amines) is 1. The Morgan fingerprint density at radius 2 is 2.00 bits per heavy atom. The molecule has 0 atom stereocenters. The predicted octanol–water partition coefficient (Wildman–Crippen LogP) is 1.94. The summed E-state index contributed by atoms with van der Waals surface area (Å²) in [5.41, 5.74) is 5.34. The first kappa shape index (κ1) is 13.3. The number of hydrogen-bond acceptors (Lipinski definition) is 4. The molecular weight excluding hydrogens is 228 g/mol. The highest BCUT2D eigenvalue weighted by Gasteiger charge is 2.14. The van der Waals surface area contributed by atoms with E-state index in [0.717, 1.165) is 12.3 Å². The third kappa shape index (κ3) is 3.45. The van der Waals surface area contributed by atoms with Crippen LogP contribution < -0.4 is 10.2 Å². The molecule has 1 aromatic rings. The van der Waals surface area contributed by atoms with Crippen molar-refractivity contribution in [2.24, 2.45) is 0 Å². The lowest BCUT2D eigenvalue weighted by molar-refractivity contribution is 0.0867. The van der Waals surface area contributed by atoms with Crippen LogP contribution >= 0.6 is 0 Å². The van der Waals surface area contributed by atoms with E-state index < -0.39 is 0 Å². The summed E-state index contributed by atoms with van der Waals surface area (Å²) in [4.78, 5) is 7.36. The quantitative estimate of drug-likeness (QED) is 0.782. The lowest BCUT2D eigenvalue weighted by atomic mass is 10.1. The molecule has 1 fully saturated rings. The average Bonchev–Trinajstić information content (AvgIpc) is 2.89. The number of benzene rings is 1. The van der Waals surface area contributed by atoms with Gasteiger partial charge in [-0.25, -0.2) is 0 Å². The van der Waals surface area contributed by atoms with Gasteiger partial charge < -0.3 is 9.57 Å². The summed E-state index contributed by atoms with van der Waals surface area (Å²) >= 11 is 0. The van der Waals surface area contributed by atoms with Crippen molar-refractivity contribution in [1.82, 2.24) is 10.4 Å². The second kappa shape index (κ2) is 6.73. The number of nitrogens with one attached hydrogen (secondary N) is 1. The molecule has 1 saturated heterocycles. The fraction of sp³-hybridized carbons (Fsp3) is 0.571. The Balaban J connectivity index is 2.08. The second-order valence-electron chi connectivity index (χ2n) is 4.65. The fourth-order valence-electron chi connectivity index (χ4n) is 2.40. The van der Waals surface area contributed by atoms with E-state index in [0.29, 0.717) is 6.54 Å². The second-order valence-corrected chi connectivity index (χ2v) is 4.65. The highest BCUT2D eigenvalue weighted by molar-refractivity contribution is 5.37. The predicted molar refractivity (Wildman–Crippen MR) is 71.4 cm³/mol. The number of hydrogen-bond donors (Lipinski definition) is 1. The molecule has 4 heteroatoms. The topological polar surface area (TPSA) is 33.7 Å². The molecule has 4 nitrogen and oxygen atoms in total. The van der Waals surface area contributed by atoms with Gasteiger partial charge in [0.15, 0.2) is 0 Å². The Kier molecular flexibility index (Phi) is 4.99. The molecule has 0 saturated carbocycles. The van der Waals surface area contributed by atoms with Crippen LogP contribution in [0.25, 0.3) is 0 Å². The molecule has 1 N–H and O–H groups in total. The van der Waals surface area contributed by atoms with E-state index in [1.807, 2.05) is 6.07 Å². The molecule has 18 heavy (non-hydrogen) atoms. The molecule has 0 aliphatic carbocycles. The summed E-state index contributed by atoms with van der Waals surface area (Å²) in [7, 11) is 3.37. The van der Waals surface area contributed by atoms with E-state index in [-0.39, 0.29) is 0 Å². The summed E-state index contributed by atoms with van der Waals surface area (Å²) in [5.74, 6) is 0.975. The van der Waals surface area contributed by atoms with Gasteiger partial charge in [-0.1, -0.05) is 6.07 Å². The smallest absolute Gasteiger partial charge is 0.123 e. The largest absolute Gasteiger partial charge is 0.496 e. The third-order valence-electron chi connectivity index (χ3n) is 3.36. The van der Waals surface area contributed by atoms with Crippen LogP contribution in [-0.4, -0.2) is 32.2 Å². The van der Waals surface area contributed by atoms with Crippen LogP contribution in [0.1, 0.15) is 24.0 Å². The molecule has 1 aliphatic heterocycles. The Bertz CT molecular complexity index is 376. The Labute approximate surface area is 109 Å².